The Balaban J connectivity index is 1.64. The van der Waals surface area contributed by atoms with E-state index in [1.54, 1.807) is 29.1 Å². The molecule has 0 saturated heterocycles. The van der Waals surface area contributed by atoms with Crippen LogP contribution in [0.15, 0.2) is 102 Å². The Labute approximate surface area is 227 Å². The highest BCUT2D eigenvalue weighted by Crippen LogP contribution is 2.32. The number of halogens is 1. The molecule has 0 radical (unpaired) electrons. The fraction of sp³-hybridized carbons (Fsp3) is 0.0667. The lowest BCUT2D eigenvalue weighted by atomic mass is 9.93. The molecule has 5 rings (SSSR count). The number of aromatic nitrogens is 2. The van der Waals surface area contributed by atoms with Crippen LogP contribution in [0, 0.1) is 27.3 Å². The maximum absolute atomic E-state index is 13.6. The van der Waals surface area contributed by atoms with Crippen molar-refractivity contribution >= 4 is 23.6 Å². The molecule has 0 saturated carbocycles. The van der Waals surface area contributed by atoms with Gasteiger partial charge in [-0.25, -0.2) is 9.07 Å². The van der Waals surface area contributed by atoms with Crippen LogP contribution in [0.4, 0.5) is 10.1 Å². The van der Waals surface area contributed by atoms with Gasteiger partial charge in [0.1, 0.15) is 17.5 Å². The van der Waals surface area contributed by atoms with Crippen molar-refractivity contribution in [2.75, 3.05) is 0 Å². The summed E-state index contributed by atoms with van der Waals surface area (Å²) in [5, 5.41) is 25.6. The first-order chi connectivity index (χ1) is 19.3. The molecule has 1 aromatic heterocycles. The van der Waals surface area contributed by atoms with Gasteiger partial charge in [0.15, 0.2) is 0 Å². The highest BCUT2D eigenvalue weighted by atomic mass is 19.1. The molecule has 9 nitrogen and oxygen atoms in total. The number of carbonyl (C=O) groups is 2. The van der Waals surface area contributed by atoms with E-state index < -0.39 is 22.6 Å². The minimum absolute atomic E-state index is 0.0824. The van der Waals surface area contributed by atoms with Crippen LogP contribution >= 0.6 is 0 Å². The summed E-state index contributed by atoms with van der Waals surface area (Å²) < 4.78 is 15.0. The van der Waals surface area contributed by atoms with Crippen LogP contribution in [-0.2, 0) is 16.1 Å². The van der Waals surface area contributed by atoms with E-state index in [4.69, 9.17) is 0 Å². The van der Waals surface area contributed by atoms with E-state index in [-0.39, 0.29) is 29.0 Å². The number of carbonyl (C=O) groups excluding carboxylic acids is 2. The molecule has 10 heteroatoms. The summed E-state index contributed by atoms with van der Waals surface area (Å²) in [7, 11) is 0. The standard InChI is InChI=1S/C30H20FN5O4/c1-19-26(29(37)34(30(38)27(19)16-32)17-20-7-11-23(31)12-8-20)15-22-18-35(24-5-3-2-4-6-24)33-28(22)21-9-13-25(14-10-21)36(39)40/h2-15,18H,17H2,1H3/b26-15+. The van der Waals surface area contributed by atoms with Gasteiger partial charge in [0.25, 0.3) is 17.5 Å². The minimum Gasteiger partial charge on any atom is -0.269 e. The summed E-state index contributed by atoms with van der Waals surface area (Å²) >= 11 is 0. The quantitative estimate of drug-likeness (QED) is 0.142. The van der Waals surface area contributed by atoms with Gasteiger partial charge < -0.3 is 0 Å². The lowest BCUT2D eigenvalue weighted by Crippen LogP contribution is -2.42. The minimum atomic E-state index is -0.734. The molecule has 1 aliphatic rings. The Hall–Kier alpha value is -5.69. The third-order valence-corrected chi connectivity index (χ3v) is 6.49. The van der Waals surface area contributed by atoms with Crippen LogP contribution in [0.25, 0.3) is 23.0 Å². The van der Waals surface area contributed by atoms with Gasteiger partial charge in [-0.2, -0.15) is 10.4 Å². The first-order valence-corrected chi connectivity index (χ1v) is 12.1. The van der Waals surface area contributed by atoms with Gasteiger partial charge in [0, 0.05) is 35.0 Å². The average Bonchev–Trinajstić information content (AvgIpc) is 3.39. The van der Waals surface area contributed by atoms with Crippen molar-refractivity contribution in [1.82, 2.24) is 14.7 Å². The second kappa shape index (κ2) is 10.6. The molecule has 0 fully saturated rings. The fourth-order valence-corrected chi connectivity index (χ4v) is 4.37. The number of nitrogens with zero attached hydrogens (tertiary/aromatic N) is 5. The second-order valence-corrected chi connectivity index (χ2v) is 9.01. The van der Waals surface area contributed by atoms with E-state index in [2.05, 4.69) is 5.10 Å². The largest absolute Gasteiger partial charge is 0.271 e. The first kappa shape index (κ1) is 25.9. The summed E-state index contributed by atoms with van der Waals surface area (Å²) in [4.78, 5) is 38.3. The van der Waals surface area contributed by atoms with Crippen molar-refractivity contribution < 1.29 is 18.9 Å². The van der Waals surface area contributed by atoms with Gasteiger partial charge in [-0.1, -0.05) is 30.3 Å². The number of benzene rings is 3. The number of hydrogen-bond acceptors (Lipinski definition) is 6. The topological polar surface area (TPSA) is 122 Å². The normalized spacial score (nSPS) is 14.5. The van der Waals surface area contributed by atoms with Gasteiger partial charge >= 0.3 is 0 Å². The predicted molar refractivity (Wildman–Crippen MR) is 144 cm³/mol. The highest BCUT2D eigenvalue weighted by molar-refractivity contribution is 6.19. The number of para-hydroxylation sites is 1. The molecular formula is C30H20FN5O4. The number of nitro benzene ring substituents is 1. The molecule has 0 unspecified atom stereocenters. The number of nitriles is 1. The maximum atomic E-state index is 13.6. The van der Waals surface area contributed by atoms with E-state index in [0.717, 1.165) is 10.6 Å². The zero-order chi connectivity index (χ0) is 28.4. The zero-order valence-corrected chi connectivity index (χ0v) is 21.1. The fourth-order valence-electron chi connectivity index (χ4n) is 4.37. The summed E-state index contributed by atoms with van der Waals surface area (Å²) in [5.74, 6) is -1.81. The number of rotatable bonds is 6. The van der Waals surface area contributed by atoms with Crippen molar-refractivity contribution in [3.63, 3.8) is 0 Å². The lowest BCUT2D eigenvalue weighted by Gasteiger charge is -2.27. The Bertz CT molecular complexity index is 1750. The monoisotopic (exact) mass is 533 g/mol. The molecule has 0 atom stereocenters. The molecule has 3 aromatic carbocycles. The van der Waals surface area contributed by atoms with Crippen LogP contribution in [-0.4, -0.2) is 31.4 Å². The van der Waals surface area contributed by atoms with Crippen LogP contribution in [0.2, 0.25) is 0 Å². The van der Waals surface area contributed by atoms with Crippen molar-refractivity contribution in [2.24, 2.45) is 0 Å². The number of hydrogen-bond donors (Lipinski definition) is 0. The van der Waals surface area contributed by atoms with E-state index in [1.807, 2.05) is 36.4 Å². The van der Waals surface area contributed by atoms with E-state index in [0.29, 0.717) is 22.4 Å². The molecule has 196 valence electrons. The van der Waals surface area contributed by atoms with Crippen LogP contribution < -0.4 is 0 Å². The molecule has 2 heterocycles. The smallest absolute Gasteiger partial charge is 0.269 e. The van der Waals surface area contributed by atoms with Gasteiger partial charge in [-0.05, 0) is 60.5 Å². The van der Waals surface area contributed by atoms with Crippen molar-refractivity contribution in [2.45, 2.75) is 13.5 Å². The van der Waals surface area contributed by atoms with Crippen molar-refractivity contribution in [1.29, 1.82) is 5.26 Å². The first-order valence-electron chi connectivity index (χ1n) is 12.1. The predicted octanol–water partition coefficient (Wildman–Crippen LogP) is 5.38. The molecule has 40 heavy (non-hydrogen) atoms. The lowest BCUT2D eigenvalue weighted by molar-refractivity contribution is -0.384. The van der Waals surface area contributed by atoms with Crippen molar-refractivity contribution in [3.05, 3.63) is 129 Å². The number of nitro groups is 1. The number of non-ortho nitro benzene ring substituents is 1. The van der Waals surface area contributed by atoms with Crippen molar-refractivity contribution in [3.8, 4) is 23.0 Å². The van der Waals surface area contributed by atoms with Gasteiger partial charge in [-0.15, -0.1) is 0 Å². The second-order valence-electron chi connectivity index (χ2n) is 9.01. The molecule has 2 amide bonds. The van der Waals surface area contributed by atoms with E-state index in [9.17, 15) is 29.4 Å². The SMILES string of the molecule is CC1=C(C#N)C(=O)N(Cc2ccc(F)cc2)C(=O)/C1=C/c1cn(-c2ccccc2)nc1-c1ccc([N+](=O)[O-])cc1. The van der Waals surface area contributed by atoms with Crippen LogP contribution in [0.3, 0.4) is 0 Å². The molecule has 0 N–H and O–H groups in total. The molecule has 1 aliphatic heterocycles. The van der Waals surface area contributed by atoms with Gasteiger partial charge in [0.2, 0.25) is 0 Å². The molecule has 0 bridgehead atoms. The molecule has 0 aliphatic carbocycles. The van der Waals surface area contributed by atoms with E-state index >= 15 is 0 Å². The van der Waals surface area contributed by atoms with Crippen LogP contribution in [0.5, 0.6) is 0 Å². The highest BCUT2D eigenvalue weighted by Gasteiger charge is 2.35. The summed E-state index contributed by atoms with van der Waals surface area (Å²) in [6.45, 7) is 1.38. The molecule has 0 spiro atoms. The third kappa shape index (κ3) is 4.91. The summed E-state index contributed by atoms with van der Waals surface area (Å²) in [6, 6.07) is 22.4. The Morgan fingerprint density at radius 2 is 1.68 bits per heavy atom. The Kier molecular flexibility index (Phi) is 6.87. The average molecular weight is 534 g/mol. The maximum Gasteiger partial charge on any atom is 0.271 e. The Morgan fingerprint density at radius 3 is 2.30 bits per heavy atom. The molecule has 4 aromatic rings. The number of amides is 2. The summed E-state index contributed by atoms with van der Waals surface area (Å²) in [6.07, 6.45) is 3.26. The Morgan fingerprint density at radius 1 is 1.00 bits per heavy atom. The molecular weight excluding hydrogens is 513 g/mol. The zero-order valence-electron chi connectivity index (χ0n) is 21.1. The number of imide groups is 1. The van der Waals surface area contributed by atoms with Gasteiger partial charge in [0.05, 0.1) is 22.8 Å². The third-order valence-electron chi connectivity index (χ3n) is 6.49. The summed E-state index contributed by atoms with van der Waals surface area (Å²) in [5.41, 5.74) is 2.83. The van der Waals surface area contributed by atoms with Crippen LogP contribution in [0.1, 0.15) is 18.1 Å². The van der Waals surface area contributed by atoms with E-state index in [1.165, 1.54) is 43.3 Å². The van der Waals surface area contributed by atoms with Gasteiger partial charge in [-0.3, -0.25) is 24.6 Å².